The molecule has 1 unspecified atom stereocenters. The van der Waals surface area contributed by atoms with Crippen LogP contribution in [0.1, 0.15) is 12.0 Å². The van der Waals surface area contributed by atoms with Crippen LogP contribution >= 0.6 is 0 Å². The lowest BCUT2D eigenvalue weighted by Gasteiger charge is -2.21. The number of carbonyl (C=O) groups is 1. The Hall–Kier alpha value is -2.43. The van der Waals surface area contributed by atoms with Gasteiger partial charge in [-0.25, -0.2) is 13.5 Å². The average Bonchev–Trinajstić information content (AvgIpc) is 2.66. The Morgan fingerprint density at radius 3 is 1.93 bits per heavy atom. The zero-order valence-electron chi connectivity index (χ0n) is 14.5. The normalized spacial score (nSPS) is 13.2. The highest BCUT2D eigenvalue weighted by atomic mass is 32.2. The highest BCUT2D eigenvalue weighted by Crippen LogP contribution is 2.31. The fourth-order valence-corrected chi connectivity index (χ4v) is 4.15. The number of alkyl halides is 3. The maximum absolute atomic E-state index is 12.6. The third-order valence-corrected chi connectivity index (χ3v) is 5.93. The standard InChI is InChI=1S/C18H18F3NO5S/c19-18(20,21)15-5-1-13(2-6-15)14-3-7-17(8-4-14)28(26,27)11-16(9-10-23)22(25)12-24/h1-8,12,16,23,25H,9-11H2. The third-order valence-electron chi connectivity index (χ3n) is 4.12. The Morgan fingerprint density at radius 2 is 1.50 bits per heavy atom. The van der Waals surface area contributed by atoms with E-state index in [2.05, 4.69) is 0 Å². The summed E-state index contributed by atoms with van der Waals surface area (Å²) < 4.78 is 62.8. The molecule has 0 heterocycles. The predicted molar refractivity (Wildman–Crippen MR) is 94.1 cm³/mol. The van der Waals surface area contributed by atoms with Gasteiger partial charge in [-0.2, -0.15) is 13.2 Å². The SMILES string of the molecule is O=CN(O)C(CCO)CS(=O)(=O)c1ccc(-c2ccc(C(F)(F)F)cc2)cc1. The molecule has 28 heavy (non-hydrogen) atoms. The number of aliphatic hydroxyl groups is 1. The van der Waals surface area contributed by atoms with Gasteiger partial charge in [-0.3, -0.25) is 10.0 Å². The minimum atomic E-state index is -4.44. The summed E-state index contributed by atoms with van der Waals surface area (Å²) in [5, 5.41) is 18.6. The molecule has 0 spiro atoms. The largest absolute Gasteiger partial charge is 0.416 e. The van der Waals surface area contributed by atoms with Crippen molar-refractivity contribution in [2.45, 2.75) is 23.5 Å². The summed E-state index contributed by atoms with van der Waals surface area (Å²) in [6, 6.07) is 8.84. The van der Waals surface area contributed by atoms with Crippen molar-refractivity contribution in [2.75, 3.05) is 12.4 Å². The van der Waals surface area contributed by atoms with Crippen LogP contribution in [0.25, 0.3) is 11.1 Å². The number of sulfone groups is 1. The minimum Gasteiger partial charge on any atom is -0.396 e. The smallest absolute Gasteiger partial charge is 0.396 e. The van der Waals surface area contributed by atoms with Gasteiger partial charge >= 0.3 is 6.18 Å². The van der Waals surface area contributed by atoms with Crippen molar-refractivity contribution in [3.05, 3.63) is 54.1 Å². The molecule has 1 atom stereocenters. The molecule has 2 aromatic rings. The number of amides is 1. The molecule has 0 aliphatic rings. The summed E-state index contributed by atoms with van der Waals surface area (Å²) in [7, 11) is -3.88. The average molecular weight is 417 g/mol. The van der Waals surface area contributed by atoms with E-state index in [1.165, 1.54) is 36.4 Å². The van der Waals surface area contributed by atoms with Gasteiger partial charge in [0, 0.05) is 6.61 Å². The molecule has 2 aromatic carbocycles. The third kappa shape index (κ3) is 5.31. The van der Waals surface area contributed by atoms with Gasteiger partial charge in [0.05, 0.1) is 22.3 Å². The van der Waals surface area contributed by atoms with E-state index in [9.17, 15) is 31.6 Å². The quantitative estimate of drug-likeness (QED) is 0.391. The van der Waals surface area contributed by atoms with Crippen molar-refractivity contribution in [3.63, 3.8) is 0 Å². The van der Waals surface area contributed by atoms with Crippen molar-refractivity contribution in [3.8, 4) is 11.1 Å². The molecule has 10 heteroatoms. The fourth-order valence-electron chi connectivity index (χ4n) is 2.58. The molecule has 0 aliphatic carbocycles. The molecule has 0 fully saturated rings. The Morgan fingerprint density at radius 1 is 1.00 bits per heavy atom. The number of benzene rings is 2. The lowest BCUT2D eigenvalue weighted by molar-refractivity contribution is -0.159. The molecule has 6 nitrogen and oxygen atoms in total. The summed E-state index contributed by atoms with van der Waals surface area (Å²) >= 11 is 0. The molecule has 1 amide bonds. The highest BCUT2D eigenvalue weighted by Gasteiger charge is 2.30. The number of aliphatic hydroxyl groups excluding tert-OH is 1. The van der Waals surface area contributed by atoms with E-state index in [4.69, 9.17) is 5.11 Å². The molecule has 0 radical (unpaired) electrons. The summed E-state index contributed by atoms with van der Waals surface area (Å²) in [5.74, 6) is -0.595. The van der Waals surface area contributed by atoms with Crippen LogP contribution < -0.4 is 0 Å². The molecule has 152 valence electrons. The molecule has 0 saturated heterocycles. The molecular formula is C18H18F3NO5S. The minimum absolute atomic E-state index is 0.0591. The summed E-state index contributed by atoms with van der Waals surface area (Å²) in [6.07, 6.45) is -4.51. The van der Waals surface area contributed by atoms with Gasteiger partial charge in [-0.05, 0) is 41.8 Å². The van der Waals surface area contributed by atoms with Gasteiger partial charge in [0.2, 0.25) is 6.41 Å². The van der Waals surface area contributed by atoms with Gasteiger partial charge in [0.25, 0.3) is 0 Å². The lowest BCUT2D eigenvalue weighted by Crippen LogP contribution is -2.37. The first-order valence-corrected chi connectivity index (χ1v) is 9.77. The Bertz CT molecular complexity index is 896. The first-order valence-electron chi connectivity index (χ1n) is 8.12. The fraction of sp³-hybridized carbons (Fsp3) is 0.278. The van der Waals surface area contributed by atoms with Crippen LogP contribution in [0.4, 0.5) is 13.2 Å². The summed E-state index contributed by atoms with van der Waals surface area (Å²) in [5.41, 5.74) is 0.225. The molecular weight excluding hydrogens is 399 g/mol. The lowest BCUT2D eigenvalue weighted by atomic mass is 10.0. The van der Waals surface area contributed by atoms with Crippen LogP contribution in [0.2, 0.25) is 0 Å². The molecule has 0 aromatic heterocycles. The Labute approximate surface area is 159 Å². The first-order chi connectivity index (χ1) is 13.1. The monoisotopic (exact) mass is 417 g/mol. The second-order valence-electron chi connectivity index (χ2n) is 6.03. The number of halogens is 3. The number of carbonyl (C=O) groups excluding carboxylic acids is 1. The van der Waals surface area contributed by atoms with Crippen LogP contribution in [-0.2, 0) is 20.8 Å². The van der Waals surface area contributed by atoms with Crippen molar-refractivity contribution in [1.29, 1.82) is 0 Å². The van der Waals surface area contributed by atoms with Gasteiger partial charge in [-0.15, -0.1) is 0 Å². The number of hydrogen-bond acceptors (Lipinski definition) is 5. The van der Waals surface area contributed by atoms with Crippen LogP contribution in [0.3, 0.4) is 0 Å². The van der Waals surface area contributed by atoms with Gasteiger partial charge in [-0.1, -0.05) is 24.3 Å². The van der Waals surface area contributed by atoms with Crippen molar-refractivity contribution in [2.24, 2.45) is 0 Å². The van der Waals surface area contributed by atoms with Gasteiger partial charge in [0.1, 0.15) is 0 Å². The van der Waals surface area contributed by atoms with Crippen molar-refractivity contribution < 1.29 is 36.7 Å². The van der Waals surface area contributed by atoms with Gasteiger partial charge < -0.3 is 5.11 Å². The van der Waals surface area contributed by atoms with Crippen LogP contribution in [0, 0.1) is 0 Å². The maximum Gasteiger partial charge on any atom is 0.416 e. The Kier molecular flexibility index (Phi) is 6.81. The van der Waals surface area contributed by atoms with E-state index in [1.807, 2.05) is 0 Å². The van der Waals surface area contributed by atoms with E-state index in [1.54, 1.807) is 0 Å². The zero-order valence-corrected chi connectivity index (χ0v) is 15.3. The van der Waals surface area contributed by atoms with Crippen LogP contribution in [0.5, 0.6) is 0 Å². The van der Waals surface area contributed by atoms with E-state index in [0.717, 1.165) is 12.1 Å². The van der Waals surface area contributed by atoms with E-state index in [0.29, 0.717) is 11.1 Å². The zero-order chi connectivity index (χ0) is 20.9. The number of hydroxylamine groups is 2. The van der Waals surface area contributed by atoms with Crippen LogP contribution in [-0.4, -0.2) is 48.6 Å². The molecule has 2 N–H and O–H groups in total. The highest BCUT2D eigenvalue weighted by molar-refractivity contribution is 7.91. The van der Waals surface area contributed by atoms with Crippen molar-refractivity contribution in [1.82, 2.24) is 5.06 Å². The number of hydrogen-bond donors (Lipinski definition) is 2. The second kappa shape index (κ2) is 8.72. The molecule has 0 aliphatic heterocycles. The molecule has 2 rings (SSSR count). The number of rotatable bonds is 8. The second-order valence-corrected chi connectivity index (χ2v) is 8.07. The topological polar surface area (TPSA) is 94.9 Å². The molecule has 0 bridgehead atoms. The first kappa shape index (κ1) is 21.9. The maximum atomic E-state index is 12.6. The van der Waals surface area contributed by atoms with Gasteiger partial charge in [0.15, 0.2) is 9.84 Å². The van der Waals surface area contributed by atoms with E-state index in [-0.39, 0.29) is 22.8 Å². The molecule has 0 saturated carbocycles. The van der Waals surface area contributed by atoms with Crippen molar-refractivity contribution >= 4 is 16.2 Å². The number of nitrogens with zero attached hydrogens (tertiary/aromatic N) is 1. The van der Waals surface area contributed by atoms with E-state index < -0.39 is 40.0 Å². The Balaban J connectivity index is 2.22. The summed E-state index contributed by atoms with van der Waals surface area (Å²) in [6.45, 7) is -0.419. The van der Waals surface area contributed by atoms with E-state index >= 15 is 0 Å². The summed E-state index contributed by atoms with van der Waals surface area (Å²) in [4.78, 5) is 10.6. The predicted octanol–water partition coefficient (Wildman–Crippen LogP) is 2.74. The van der Waals surface area contributed by atoms with Crippen LogP contribution in [0.15, 0.2) is 53.4 Å².